The van der Waals surface area contributed by atoms with E-state index in [1.54, 1.807) is 36.3 Å². The minimum Gasteiger partial charge on any atom is -0.497 e. The molecule has 8 heteroatoms. The van der Waals surface area contributed by atoms with Crippen molar-refractivity contribution in [3.63, 3.8) is 0 Å². The van der Waals surface area contributed by atoms with E-state index in [1.165, 1.54) is 24.3 Å². The number of carbonyl (C=O) groups excluding carboxylic acids is 2. The lowest BCUT2D eigenvalue weighted by Crippen LogP contribution is -2.28. The van der Waals surface area contributed by atoms with Gasteiger partial charge < -0.3 is 15.0 Å². The number of nitrogens with one attached hydrogen (secondary N) is 1. The van der Waals surface area contributed by atoms with E-state index in [0.717, 1.165) is 0 Å². The Balaban J connectivity index is 1.65. The van der Waals surface area contributed by atoms with Crippen LogP contribution in [0.15, 0.2) is 48.5 Å². The summed E-state index contributed by atoms with van der Waals surface area (Å²) in [5, 5.41) is 13.4. The van der Waals surface area contributed by atoms with Gasteiger partial charge in [0.25, 0.3) is 5.69 Å². The summed E-state index contributed by atoms with van der Waals surface area (Å²) in [7, 11) is 1.56. The second-order valence-electron chi connectivity index (χ2n) is 5.90. The predicted molar refractivity (Wildman–Crippen MR) is 95.2 cm³/mol. The molecule has 0 bridgehead atoms. The highest BCUT2D eigenvalue weighted by molar-refractivity contribution is 6.03. The second-order valence-corrected chi connectivity index (χ2v) is 5.90. The molecule has 0 spiro atoms. The SMILES string of the molecule is COc1ccc(N2CC(C(=O)Nc3ccc([N+](=O)[O-])cc3)CC2=O)cc1. The zero-order valence-corrected chi connectivity index (χ0v) is 14.0. The number of methoxy groups -OCH3 is 1. The minimum absolute atomic E-state index is 0.0512. The molecule has 3 rings (SSSR count). The lowest BCUT2D eigenvalue weighted by molar-refractivity contribution is -0.384. The van der Waals surface area contributed by atoms with Gasteiger partial charge in [0.15, 0.2) is 0 Å². The summed E-state index contributed by atoms with van der Waals surface area (Å²) >= 11 is 0. The third kappa shape index (κ3) is 3.64. The molecule has 2 aromatic rings. The molecule has 1 aliphatic rings. The number of non-ortho nitro benzene ring substituents is 1. The normalized spacial score (nSPS) is 16.4. The van der Waals surface area contributed by atoms with E-state index in [2.05, 4.69) is 5.32 Å². The fourth-order valence-corrected chi connectivity index (χ4v) is 2.81. The first kappa shape index (κ1) is 17.4. The average Bonchev–Trinajstić information content (AvgIpc) is 3.04. The van der Waals surface area contributed by atoms with Crippen molar-refractivity contribution in [1.29, 1.82) is 0 Å². The molecule has 2 aromatic carbocycles. The number of hydrogen-bond acceptors (Lipinski definition) is 5. The van der Waals surface area contributed by atoms with E-state index in [1.807, 2.05) is 0 Å². The van der Waals surface area contributed by atoms with Gasteiger partial charge in [0.2, 0.25) is 11.8 Å². The van der Waals surface area contributed by atoms with Crippen LogP contribution in [0.25, 0.3) is 0 Å². The number of nitrogens with zero attached hydrogens (tertiary/aromatic N) is 2. The van der Waals surface area contributed by atoms with E-state index < -0.39 is 10.8 Å². The van der Waals surface area contributed by atoms with Crippen LogP contribution in [-0.4, -0.2) is 30.4 Å². The number of nitro benzene ring substituents is 1. The largest absolute Gasteiger partial charge is 0.497 e. The van der Waals surface area contributed by atoms with Crippen LogP contribution < -0.4 is 15.0 Å². The molecule has 1 fully saturated rings. The number of ether oxygens (including phenoxy) is 1. The molecule has 8 nitrogen and oxygen atoms in total. The van der Waals surface area contributed by atoms with Crippen molar-refractivity contribution in [2.45, 2.75) is 6.42 Å². The zero-order chi connectivity index (χ0) is 18.7. The molecular formula is C18H17N3O5. The Morgan fingerprint density at radius 1 is 1.19 bits per heavy atom. The number of anilines is 2. The third-order valence-corrected chi connectivity index (χ3v) is 4.23. The molecule has 1 unspecified atom stereocenters. The van der Waals surface area contributed by atoms with Gasteiger partial charge in [-0.15, -0.1) is 0 Å². The Morgan fingerprint density at radius 2 is 1.85 bits per heavy atom. The predicted octanol–water partition coefficient (Wildman–Crippen LogP) is 2.60. The highest BCUT2D eigenvalue weighted by atomic mass is 16.6. The summed E-state index contributed by atoms with van der Waals surface area (Å²) in [6.45, 7) is 0.282. The second kappa shape index (κ2) is 7.22. The topological polar surface area (TPSA) is 102 Å². The smallest absolute Gasteiger partial charge is 0.269 e. The first-order valence-electron chi connectivity index (χ1n) is 7.97. The van der Waals surface area contributed by atoms with Gasteiger partial charge in [0.1, 0.15) is 5.75 Å². The molecule has 1 N–H and O–H groups in total. The van der Waals surface area contributed by atoms with Crippen molar-refractivity contribution >= 4 is 28.9 Å². The van der Waals surface area contributed by atoms with Crippen LogP contribution in [0.3, 0.4) is 0 Å². The Labute approximate surface area is 149 Å². The molecule has 26 heavy (non-hydrogen) atoms. The zero-order valence-electron chi connectivity index (χ0n) is 14.0. The molecule has 1 aliphatic heterocycles. The summed E-state index contributed by atoms with van der Waals surface area (Å²) in [6.07, 6.45) is 0.116. The fourth-order valence-electron chi connectivity index (χ4n) is 2.81. The molecule has 0 aliphatic carbocycles. The standard InChI is InChI=1S/C18H17N3O5/c1-26-16-8-6-14(7-9-16)20-11-12(10-17(20)22)18(23)19-13-2-4-15(5-3-13)21(24)25/h2-9,12H,10-11H2,1H3,(H,19,23). The van der Waals surface area contributed by atoms with E-state index in [9.17, 15) is 19.7 Å². The maximum absolute atomic E-state index is 12.4. The highest BCUT2D eigenvalue weighted by Crippen LogP contribution is 2.27. The van der Waals surface area contributed by atoms with Crippen molar-refractivity contribution in [2.75, 3.05) is 23.9 Å². The first-order valence-corrected chi connectivity index (χ1v) is 7.97. The van der Waals surface area contributed by atoms with Gasteiger partial charge in [-0.3, -0.25) is 19.7 Å². The van der Waals surface area contributed by atoms with Gasteiger partial charge in [0, 0.05) is 36.5 Å². The van der Waals surface area contributed by atoms with Crippen molar-refractivity contribution < 1.29 is 19.2 Å². The number of benzene rings is 2. The molecule has 1 atom stereocenters. The summed E-state index contributed by atoms with van der Waals surface area (Å²) in [5.74, 6) is -0.213. The molecule has 1 saturated heterocycles. The Bertz CT molecular complexity index is 833. The van der Waals surface area contributed by atoms with Gasteiger partial charge in [-0.1, -0.05) is 0 Å². The lowest BCUT2D eigenvalue weighted by atomic mass is 10.1. The molecular weight excluding hydrogens is 338 g/mol. The van der Waals surface area contributed by atoms with Gasteiger partial charge in [-0.2, -0.15) is 0 Å². The van der Waals surface area contributed by atoms with Crippen LogP contribution in [0.4, 0.5) is 17.1 Å². The van der Waals surface area contributed by atoms with Gasteiger partial charge in [0.05, 0.1) is 18.0 Å². The fraction of sp³-hybridized carbons (Fsp3) is 0.222. The first-order chi connectivity index (χ1) is 12.5. The summed E-state index contributed by atoms with van der Waals surface area (Å²) in [6, 6.07) is 12.6. The van der Waals surface area contributed by atoms with Crippen LogP contribution in [0, 0.1) is 16.0 Å². The van der Waals surface area contributed by atoms with Crippen molar-refractivity contribution in [3.05, 3.63) is 58.6 Å². The molecule has 0 radical (unpaired) electrons. The van der Waals surface area contributed by atoms with Gasteiger partial charge >= 0.3 is 0 Å². The van der Waals surface area contributed by atoms with Crippen LogP contribution in [0.1, 0.15) is 6.42 Å². The summed E-state index contributed by atoms with van der Waals surface area (Å²) in [5.41, 5.74) is 1.11. The summed E-state index contributed by atoms with van der Waals surface area (Å²) in [4.78, 5) is 36.4. The monoisotopic (exact) mass is 355 g/mol. The van der Waals surface area contributed by atoms with Crippen molar-refractivity contribution in [3.8, 4) is 5.75 Å². The molecule has 2 amide bonds. The maximum atomic E-state index is 12.4. The van der Waals surface area contributed by atoms with E-state index in [4.69, 9.17) is 4.74 Å². The van der Waals surface area contributed by atoms with Crippen molar-refractivity contribution in [1.82, 2.24) is 0 Å². The average molecular weight is 355 g/mol. The molecule has 0 aromatic heterocycles. The van der Waals surface area contributed by atoms with Gasteiger partial charge in [-0.25, -0.2) is 0 Å². The van der Waals surface area contributed by atoms with Crippen LogP contribution in [-0.2, 0) is 9.59 Å². The molecule has 134 valence electrons. The molecule has 0 saturated carbocycles. The lowest BCUT2D eigenvalue weighted by Gasteiger charge is -2.17. The summed E-state index contributed by atoms with van der Waals surface area (Å²) < 4.78 is 5.10. The number of rotatable bonds is 5. The number of nitro groups is 1. The van der Waals surface area contributed by atoms with Crippen LogP contribution >= 0.6 is 0 Å². The van der Waals surface area contributed by atoms with Crippen LogP contribution in [0.2, 0.25) is 0 Å². The van der Waals surface area contributed by atoms with Gasteiger partial charge in [-0.05, 0) is 36.4 Å². The highest BCUT2D eigenvalue weighted by Gasteiger charge is 2.35. The molecule has 1 heterocycles. The Hall–Kier alpha value is -3.42. The Kier molecular flexibility index (Phi) is 4.83. The van der Waals surface area contributed by atoms with E-state index >= 15 is 0 Å². The third-order valence-electron chi connectivity index (χ3n) is 4.23. The number of carbonyl (C=O) groups is 2. The maximum Gasteiger partial charge on any atom is 0.269 e. The quantitative estimate of drug-likeness (QED) is 0.656. The van der Waals surface area contributed by atoms with E-state index in [-0.39, 0.29) is 30.5 Å². The minimum atomic E-state index is -0.506. The van der Waals surface area contributed by atoms with Crippen LogP contribution in [0.5, 0.6) is 5.75 Å². The number of hydrogen-bond donors (Lipinski definition) is 1. The van der Waals surface area contributed by atoms with Crippen molar-refractivity contribution in [2.24, 2.45) is 5.92 Å². The van der Waals surface area contributed by atoms with E-state index in [0.29, 0.717) is 17.1 Å². The Morgan fingerprint density at radius 3 is 2.42 bits per heavy atom. The number of amides is 2.